The molecule has 2 amide bonds. The number of hydrogen-bond donors (Lipinski definition) is 1. The third-order valence-electron chi connectivity index (χ3n) is 5.05. The Bertz CT molecular complexity index is 1080. The molecule has 3 rings (SSSR count). The molecular formula is C26H28N2O4. The number of ether oxygens (including phenoxy) is 2. The Morgan fingerprint density at radius 1 is 0.938 bits per heavy atom. The van der Waals surface area contributed by atoms with E-state index < -0.39 is 0 Å². The van der Waals surface area contributed by atoms with Crippen molar-refractivity contribution in [2.75, 3.05) is 31.0 Å². The predicted molar refractivity (Wildman–Crippen MR) is 127 cm³/mol. The highest BCUT2D eigenvalue weighted by molar-refractivity contribution is 6.05. The highest BCUT2D eigenvalue weighted by atomic mass is 16.5. The second-order valence-electron chi connectivity index (χ2n) is 7.71. The van der Waals surface area contributed by atoms with Crippen molar-refractivity contribution in [3.63, 3.8) is 0 Å². The molecule has 0 saturated heterocycles. The molecule has 1 N–H and O–H groups in total. The first-order valence-electron chi connectivity index (χ1n) is 10.4. The number of anilines is 2. The van der Waals surface area contributed by atoms with Crippen LogP contribution in [0.2, 0.25) is 0 Å². The zero-order chi connectivity index (χ0) is 23.1. The number of rotatable bonds is 8. The van der Waals surface area contributed by atoms with Gasteiger partial charge in [0.05, 0.1) is 7.11 Å². The van der Waals surface area contributed by atoms with Crippen LogP contribution in [0.25, 0.3) is 0 Å². The Morgan fingerprint density at radius 3 is 2.34 bits per heavy atom. The van der Waals surface area contributed by atoms with Crippen molar-refractivity contribution in [3.8, 4) is 11.5 Å². The van der Waals surface area contributed by atoms with E-state index >= 15 is 0 Å². The first-order valence-corrected chi connectivity index (χ1v) is 10.4. The maximum atomic E-state index is 12.9. The van der Waals surface area contributed by atoms with Crippen LogP contribution >= 0.6 is 0 Å². The molecule has 0 aliphatic carbocycles. The minimum atomic E-state index is -0.289. The monoisotopic (exact) mass is 432 g/mol. The summed E-state index contributed by atoms with van der Waals surface area (Å²) < 4.78 is 10.7. The largest absolute Gasteiger partial charge is 0.497 e. The molecule has 0 spiro atoms. The normalized spacial score (nSPS) is 10.5. The smallest absolute Gasteiger partial charge is 0.262 e. The van der Waals surface area contributed by atoms with Gasteiger partial charge in [0.1, 0.15) is 11.5 Å². The van der Waals surface area contributed by atoms with Crippen LogP contribution in [0.4, 0.5) is 11.4 Å². The lowest BCUT2D eigenvalue weighted by atomic mass is 10.0. The molecule has 0 aliphatic rings. The third kappa shape index (κ3) is 5.88. The Hall–Kier alpha value is -3.80. The van der Waals surface area contributed by atoms with E-state index in [1.165, 1.54) is 5.56 Å². The van der Waals surface area contributed by atoms with Crippen LogP contribution in [-0.4, -0.2) is 32.6 Å². The average molecular weight is 433 g/mol. The summed E-state index contributed by atoms with van der Waals surface area (Å²) in [5.74, 6) is 1.14. The van der Waals surface area contributed by atoms with Crippen LogP contribution < -0.4 is 19.7 Å². The maximum absolute atomic E-state index is 12.9. The van der Waals surface area contributed by atoms with Crippen LogP contribution in [0.15, 0.2) is 72.8 Å². The van der Waals surface area contributed by atoms with Crippen LogP contribution in [-0.2, 0) is 4.79 Å². The lowest BCUT2D eigenvalue weighted by molar-refractivity contribution is -0.118. The predicted octanol–water partition coefficient (Wildman–Crippen LogP) is 5.11. The fourth-order valence-electron chi connectivity index (χ4n) is 3.14. The molecule has 0 bridgehead atoms. The Balaban J connectivity index is 1.57. The summed E-state index contributed by atoms with van der Waals surface area (Å²) >= 11 is 0. The van der Waals surface area contributed by atoms with Crippen LogP contribution in [0.3, 0.4) is 0 Å². The lowest BCUT2D eigenvalue weighted by Gasteiger charge is -2.19. The molecule has 166 valence electrons. The summed E-state index contributed by atoms with van der Waals surface area (Å²) in [5, 5.41) is 2.76. The molecule has 6 nitrogen and oxygen atoms in total. The fourth-order valence-corrected chi connectivity index (χ4v) is 3.14. The molecule has 0 atom stereocenters. The third-order valence-corrected chi connectivity index (χ3v) is 5.05. The number of carbonyl (C=O) groups is 2. The summed E-state index contributed by atoms with van der Waals surface area (Å²) in [6.07, 6.45) is 0. The van der Waals surface area contributed by atoms with Crippen molar-refractivity contribution < 1.29 is 19.1 Å². The maximum Gasteiger partial charge on any atom is 0.262 e. The summed E-state index contributed by atoms with van der Waals surface area (Å²) in [6.45, 7) is 4.10. The first kappa shape index (κ1) is 22.9. The first-order chi connectivity index (χ1) is 15.4. The summed E-state index contributed by atoms with van der Waals surface area (Å²) in [4.78, 5) is 26.6. The van der Waals surface area contributed by atoms with E-state index in [-0.39, 0.29) is 18.4 Å². The topological polar surface area (TPSA) is 67.9 Å². The molecule has 0 aliphatic heterocycles. The zero-order valence-electron chi connectivity index (χ0n) is 18.8. The number of amides is 2. The van der Waals surface area contributed by atoms with Crippen molar-refractivity contribution in [1.82, 2.24) is 0 Å². The van der Waals surface area contributed by atoms with Gasteiger partial charge in [0, 0.05) is 30.1 Å². The number of methoxy groups -OCH3 is 1. The van der Waals surface area contributed by atoms with E-state index in [1.54, 1.807) is 67.6 Å². The van der Waals surface area contributed by atoms with Crippen molar-refractivity contribution in [2.45, 2.75) is 19.8 Å². The fraction of sp³-hybridized carbons (Fsp3) is 0.231. The van der Waals surface area contributed by atoms with Gasteiger partial charge in [-0.2, -0.15) is 0 Å². The van der Waals surface area contributed by atoms with Crippen LogP contribution in [0, 0.1) is 0 Å². The summed E-state index contributed by atoms with van der Waals surface area (Å²) in [5.41, 5.74) is 3.19. The molecule has 6 heteroatoms. The van der Waals surface area contributed by atoms with Crippen molar-refractivity contribution >= 4 is 23.2 Å². The van der Waals surface area contributed by atoms with Crippen molar-refractivity contribution in [2.24, 2.45) is 0 Å². The van der Waals surface area contributed by atoms with Gasteiger partial charge in [0.25, 0.3) is 11.8 Å². The molecule has 0 radical (unpaired) electrons. The second-order valence-corrected chi connectivity index (χ2v) is 7.71. The van der Waals surface area contributed by atoms with Crippen molar-refractivity contribution in [1.29, 1.82) is 0 Å². The molecule has 32 heavy (non-hydrogen) atoms. The van der Waals surface area contributed by atoms with E-state index in [9.17, 15) is 9.59 Å². The summed E-state index contributed by atoms with van der Waals surface area (Å²) in [7, 11) is 3.33. The van der Waals surface area contributed by atoms with Crippen molar-refractivity contribution in [3.05, 3.63) is 83.9 Å². The number of nitrogens with one attached hydrogen (secondary N) is 1. The quantitative estimate of drug-likeness (QED) is 0.537. The van der Waals surface area contributed by atoms with Gasteiger partial charge >= 0.3 is 0 Å². The minimum Gasteiger partial charge on any atom is -0.497 e. The Labute approximate surface area is 188 Å². The molecule has 0 unspecified atom stereocenters. The van der Waals surface area contributed by atoms with Crippen LogP contribution in [0.1, 0.15) is 35.7 Å². The Morgan fingerprint density at radius 2 is 1.66 bits per heavy atom. The molecule has 0 aromatic heterocycles. The lowest BCUT2D eigenvalue weighted by Crippen LogP contribution is -2.26. The molecule has 0 saturated carbocycles. The molecule has 0 fully saturated rings. The molecule has 3 aromatic rings. The van der Waals surface area contributed by atoms with E-state index in [0.717, 1.165) is 5.69 Å². The minimum absolute atomic E-state index is 0.117. The Kier molecular flexibility index (Phi) is 7.49. The molecule has 3 aromatic carbocycles. The number of benzene rings is 3. The summed E-state index contributed by atoms with van der Waals surface area (Å²) in [6, 6.07) is 21.8. The van der Waals surface area contributed by atoms with Gasteiger partial charge in [-0.1, -0.05) is 32.0 Å². The second kappa shape index (κ2) is 10.5. The standard InChI is InChI=1S/C26H28N2O4/c1-18(2)20-7-5-9-22(15-20)28(3)26(30)19-11-13-23(14-12-19)32-17-25(29)27-21-8-6-10-24(16-21)31-4/h5-16,18H,17H2,1-4H3,(H,27,29). The van der Waals surface area contributed by atoms with E-state index in [4.69, 9.17) is 9.47 Å². The van der Waals surface area contributed by atoms with Gasteiger partial charge in [-0.05, 0) is 60.0 Å². The van der Waals surface area contributed by atoms with Crippen LogP contribution in [0.5, 0.6) is 11.5 Å². The van der Waals surface area contributed by atoms with Gasteiger partial charge in [-0.25, -0.2) is 0 Å². The highest BCUT2D eigenvalue weighted by Crippen LogP contribution is 2.23. The number of hydrogen-bond acceptors (Lipinski definition) is 4. The van der Waals surface area contributed by atoms with Gasteiger partial charge in [-0.3, -0.25) is 9.59 Å². The number of nitrogens with zero attached hydrogens (tertiary/aromatic N) is 1. The highest BCUT2D eigenvalue weighted by Gasteiger charge is 2.15. The zero-order valence-corrected chi connectivity index (χ0v) is 18.8. The number of carbonyl (C=O) groups excluding carboxylic acids is 2. The van der Waals surface area contributed by atoms with E-state index in [0.29, 0.717) is 28.7 Å². The van der Waals surface area contributed by atoms with Gasteiger partial charge in [0.2, 0.25) is 0 Å². The molecule has 0 heterocycles. The molecular weight excluding hydrogens is 404 g/mol. The van der Waals surface area contributed by atoms with Gasteiger partial charge in [-0.15, -0.1) is 0 Å². The SMILES string of the molecule is COc1cccc(NC(=O)COc2ccc(C(=O)N(C)c3cccc(C(C)C)c3)cc2)c1. The van der Waals surface area contributed by atoms with Gasteiger partial charge in [0.15, 0.2) is 6.61 Å². The van der Waals surface area contributed by atoms with E-state index in [2.05, 4.69) is 25.2 Å². The average Bonchev–Trinajstić information content (AvgIpc) is 2.82. The van der Waals surface area contributed by atoms with E-state index in [1.807, 2.05) is 18.2 Å². The van der Waals surface area contributed by atoms with Gasteiger partial charge < -0.3 is 19.7 Å².